The van der Waals surface area contributed by atoms with Crippen LogP contribution in [0.3, 0.4) is 0 Å². The maximum Gasteiger partial charge on any atom is 0.477 e. The van der Waals surface area contributed by atoms with Crippen LogP contribution in [0.5, 0.6) is 0 Å². The maximum absolute atomic E-state index is 11.3. The average molecular weight is 377 g/mol. The minimum absolute atomic E-state index is 0.155. The molecule has 0 radical (unpaired) electrons. The number of ether oxygens (including phenoxy) is 2. The van der Waals surface area contributed by atoms with E-state index in [2.05, 4.69) is 13.8 Å². The summed E-state index contributed by atoms with van der Waals surface area (Å²) in [6.07, 6.45) is 14.9. The van der Waals surface area contributed by atoms with E-state index < -0.39 is 0 Å². The lowest BCUT2D eigenvalue weighted by molar-refractivity contribution is -0.981. The van der Waals surface area contributed by atoms with Crippen LogP contribution in [0.1, 0.15) is 90.9 Å². The zero-order valence-electron chi connectivity index (χ0n) is 17.2. The molecule has 0 fully saturated rings. The van der Waals surface area contributed by atoms with Crippen LogP contribution in [-0.4, -0.2) is 44.7 Å². The van der Waals surface area contributed by atoms with Crippen LogP contribution in [0, 0.1) is 4.91 Å². The fraction of sp³-hybridized carbons (Fsp3) is 1.00. The summed E-state index contributed by atoms with van der Waals surface area (Å²) in [5, 5.41) is 0.155. The van der Waals surface area contributed by atoms with Crippen LogP contribution in [-0.2, 0) is 19.1 Å². The molecule has 6 heteroatoms. The highest BCUT2D eigenvalue weighted by molar-refractivity contribution is 4.44. The van der Waals surface area contributed by atoms with E-state index in [-0.39, 0.29) is 18.3 Å². The fourth-order valence-corrected chi connectivity index (χ4v) is 2.55. The number of unbranched alkanes of at least 4 members (excludes halogenated alkanes) is 10. The molecule has 0 saturated carbocycles. The second kappa shape index (κ2) is 22.2. The number of rotatable bonds is 22. The largest absolute Gasteiger partial charge is 0.477 e. The molecule has 0 N–H and O–H groups in total. The van der Waals surface area contributed by atoms with Crippen molar-refractivity contribution in [2.45, 2.75) is 90.9 Å². The van der Waals surface area contributed by atoms with Crippen molar-refractivity contribution in [3.05, 3.63) is 4.91 Å². The van der Waals surface area contributed by atoms with Gasteiger partial charge in [-0.25, -0.2) is 0 Å². The van der Waals surface area contributed by atoms with Crippen molar-refractivity contribution in [3.63, 3.8) is 0 Å². The summed E-state index contributed by atoms with van der Waals surface area (Å²) < 4.78 is 10.8. The fourth-order valence-electron chi connectivity index (χ4n) is 2.55. The van der Waals surface area contributed by atoms with Crippen molar-refractivity contribution in [2.75, 3.05) is 39.6 Å². The van der Waals surface area contributed by atoms with Gasteiger partial charge in [-0.05, 0) is 12.8 Å². The van der Waals surface area contributed by atoms with E-state index >= 15 is 0 Å². The Kier molecular flexibility index (Phi) is 21.4. The lowest BCUT2D eigenvalue weighted by Crippen LogP contribution is -2.17. The highest BCUT2D eigenvalue weighted by Gasteiger charge is 2.11. The van der Waals surface area contributed by atoms with E-state index in [4.69, 9.17) is 19.1 Å². The third-order valence-electron chi connectivity index (χ3n) is 4.13. The van der Waals surface area contributed by atoms with Gasteiger partial charge >= 0.3 is 5.09 Å². The molecular formula is C20H42NO5+. The molecule has 0 unspecified atom stereocenters. The van der Waals surface area contributed by atoms with Gasteiger partial charge in [0.25, 0.3) is 0 Å². The van der Waals surface area contributed by atoms with Crippen LogP contribution < -0.4 is 0 Å². The van der Waals surface area contributed by atoms with Crippen molar-refractivity contribution in [1.29, 1.82) is 0 Å². The molecule has 0 amide bonds. The van der Waals surface area contributed by atoms with Crippen LogP contribution in [0.15, 0.2) is 0 Å². The van der Waals surface area contributed by atoms with Gasteiger partial charge in [-0.15, -0.1) is 0 Å². The van der Waals surface area contributed by atoms with Gasteiger partial charge in [0.15, 0.2) is 13.2 Å². The lowest BCUT2D eigenvalue weighted by Gasteiger charge is -2.03. The molecule has 0 rings (SSSR count). The van der Waals surface area contributed by atoms with Crippen LogP contribution in [0.25, 0.3) is 0 Å². The first-order valence-electron chi connectivity index (χ1n) is 10.7. The van der Waals surface area contributed by atoms with Crippen molar-refractivity contribution < 1.29 is 24.2 Å². The molecule has 0 atom stereocenters. The van der Waals surface area contributed by atoms with Crippen molar-refractivity contribution >= 4 is 0 Å². The average Bonchev–Trinajstić information content (AvgIpc) is 2.64. The summed E-state index contributed by atoms with van der Waals surface area (Å²) in [7, 11) is 0. The highest BCUT2D eigenvalue weighted by atomic mass is 17.0. The van der Waals surface area contributed by atoms with Gasteiger partial charge in [0, 0.05) is 13.2 Å². The first-order chi connectivity index (χ1) is 12.8. The molecule has 0 aromatic heterocycles. The Morgan fingerprint density at radius 2 is 0.885 bits per heavy atom. The van der Waals surface area contributed by atoms with Crippen LogP contribution in [0.2, 0.25) is 0 Å². The van der Waals surface area contributed by atoms with Gasteiger partial charge in [0.05, 0.1) is 13.2 Å². The van der Waals surface area contributed by atoms with E-state index in [0.29, 0.717) is 13.2 Å². The molecule has 0 saturated heterocycles. The summed E-state index contributed by atoms with van der Waals surface area (Å²) in [5.41, 5.74) is 0. The van der Waals surface area contributed by atoms with E-state index in [1.54, 1.807) is 0 Å². The van der Waals surface area contributed by atoms with Gasteiger partial charge in [-0.3, -0.25) is 0 Å². The molecule has 0 aliphatic carbocycles. The van der Waals surface area contributed by atoms with E-state index in [0.717, 1.165) is 26.1 Å². The van der Waals surface area contributed by atoms with Gasteiger partial charge < -0.3 is 9.47 Å². The van der Waals surface area contributed by atoms with Crippen molar-refractivity contribution in [1.82, 2.24) is 0 Å². The van der Waals surface area contributed by atoms with E-state index in [9.17, 15) is 4.91 Å². The van der Waals surface area contributed by atoms with E-state index in [1.165, 1.54) is 64.2 Å². The molecule has 0 aromatic rings. The Morgan fingerprint density at radius 1 is 0.500 bits per heavy atom. The second-order valence-electron chi connectivity index (χ2n) is 6.65. The Balaban J connectivity index is 3.13. The number of hydrogen-bond acceptors (Lipinski definition) is 5. The minimum Gasteiger partial charge on any atom is -0.378 e. The normalized spacial score (nSPS) is 10.8. The predicted octanol–water partition coefficient (Wildman–Crippen LogP) is 5.38. The number of nitrogens with zero attached hydrogens (tertiary/aromatic N) is 1. The standard InChI is InChI=1S/C20H42NO5/c1-3-5-7-9-11-13-15-23-17-19-25-21(22)26-20-18-24-16-14-12-10-8-6-4-2/h3-20H2,1-2H3/q+1. The summed E-state index contributed by atoms with van der Waals surface area (Å²) in [4.78, 5) is 21.0. The topological polar surface area (TPSA) is 57.0 Å². The molecular weight excluding hydrogens is 334 g/mol. The lowest BCUT2D eigenvalue weighted by atomic mass is 10.1. The maximum atomic E-state index is 11.3. The molecule has 0 bridgehead atoms. The van der Waals surface area contributed by atoms with Gasteiger partial charge in [0.1, 0.15) is 4.91 Å². The van der Waals surface area contributed by atoms with Gasteiger partial charge in [-0.1, -0.05) is 78.1 Å². The SMILES string of the molecule is CCCCCCCCOCCO[N+](=O)OCCOCCCCCCCC. The first-order valence-corrected chi connectivity index (χ1v) is 10.7. The molecule has 26 heavy (non-hydrogen) atoms. The third kappa shape index (κ3) is 21.2. The minimum atomic E-state index is 0.155. The Hall–Kier alpha value is -0.880. The number of hydrogen-bond donors (Lipinski definition) is 0. The first kappa shape index (κ1) is 25.1. The second-order valence-corrected chi connectivity index (χ2v) is 6.65. The summed E-state index contributed by atoms with van der Waals surface area (Å²) in [6, 6.07) is 0. The highest BCUT2D eigenvalue weighted by Crippen LogP contribution is 2.05. The summed E-state index contributed by atoms with van der Waals surface area (Å²) in [6.45, 7) is 7.11. The monoisotopic (exact) mass is 376 g/mol. The third-order valence-corrected chi connectivity index (χ3v) is 4.13. The summed E-state index contributed by atoms with van der Waals surface area (Å²) >= 11 is 0. The molecule has 0 spiro atoms. The quantitative estimate of drug-likeness (QED) is 0.187. The van der Waals surface area contributed by atoms with Gasteiger partial charge in [-0.2, -0.15) is 9.68 Å². The van der Waals surface area contributed by atoms with Gasteiger partial charge in [0.2, 0.25) is 0 Å². The molecule has 0 aliphatic heterocycles. The molecule has 156 valence electrons. The zero-order valence-corrected chi connectivity index (χ0v) is 17.2. The van der Waals surface area contributed by atoms with Crippen molar-refractivity contribution in [2.24, 2.45) is 0 Å². The Morgan fingerprint density at radius 3 is 1.31 bits per heavy atom. The Bertz CT molecular complexity index is 263. The Labute approximate surface area is 160 Å². The molecule has 6 nitrogen and oxygen atoms in total. The molecule has 0 aromatic carbocycles. The molecule has 0 aliphatic rings. The summed E-state index contributed by atoms with van der Waals surface area (Å²) in [5.74, 6) is 0. The zero-order chi connectivity index (χ0) is 19.1. The van der Waals surface area contributed by atoms with Crippen molar-refractivity contribution in [3.8, 4) is 0 Å². The predicted molar refractivity (Wildman–Crippen MR) is 104 cm³/mol. The van der Waals surface area contributed by atoms with Crippen LogP contribution in [0.4, 0.5) is 0 Å². The van der Waals surface area contributed by atoms with E-state index in [1.807, 2.05) is 0 Å². The van der Waals surface area contributed by atoms with Crippen LogP contribution >= 0.6 is 0 Å². The smallest absolute Gasteiger partial charge is 0.378 e. The molecule has 0 heterocycles.